The van der Waals surface area contributed by atoms with E-state index in [1.807, 2.05) is 44.1 Å². The highest BCUT2D eigenvalue weighted by Gasteiger charge is 2.06. The van der Waals surface area contributed by atoms with Gasteiger partial charge in [0.1, 0.15) is 11.9 Å². The first-order chi connectivity index (χ1) is 9.04. The number of aliphatic imine (C=N–C) groups is 1. The normalized spacial score (nSPS) is 13.0. The molecule has 19 heavy (non-hydrogen) atoms. The first-order valence-corrected chi connectivity index (χ1v) is 6.72. The van der Waals surface area contributed by atoms with Gasteiger partial charge in [0.05, 0.1) is 6.54 Å². The average Bonchev–Trinajstić information content (AvgIpc) is 2.37. The van der Waals surface area contributed by atoms with Crippen LogP contribution >= 0.6 is 0 Å². The van der Waals surface area contributed by atoms with Crippen molar-refractivity contribution >= 4 is 5.96 Å². The first-order valence-electron chi connectivity index (χ1n) is 6.72. The molecule has 0 amide bonds. The van der Waals surface area contributed by atoms with Crippen molar-refractivity contribution in [2.45, 2.75) is 26.9 Å². The highest BCUT2D eigenvalue weighted by molar-refractivity contribution is 5.79. The highest BCUT2D eigenvalue weighted by Crippen LogP contribution is 2.17. The lowest BCUT2D eigenvalue weighted by molar-refractivity contribution is 0.228. The Labute approximate surface area is 116 Å². The van der Waals surface area contributed by atoms with Crippen molar-refractivity contribution in [3.8, 4) is 5.75 Å². The van der Waals surface area contributed by atoms with Gasteiger partial charge in [-0.05, 0) is 32.4 Å². The summed E-state index contributed by atoms with van der Waals surface area (Å²) in [6.07, 6.45) is 0.0507. The lowest BCUT2D eigenvalue weighted by atomic mass is 10.2. The van der Waals surface area contributed by atoms with Crippen molar-refractivity contribution in [1.82, 2.24) is 10.2 Å². The molecule has 4 nitrogen and oxygen atoms in total. The largest absolute Gasteiger partial charge is 0.489 e. The molecule has 1 unspecified atom stereocenters. The monoisotopic (exact) mass is 263 g/mol. The number of nitrogens with zero attached hydrogens (tertiary/aromatic N) is 2. The van der Waals surface area contributed by atoms with Crippen LogP contribution in [0.25, 0.3) is 0 Å². The number of nitrogens with one attached hydrogen (secondary N) is 1. The molecule has 0 aromatic heterocycles. The summed E-state index contributed by atoms with van der Waals surface area (Å²) in [6, 6.07) is 8.05. The van der Waals surface area contributed by atoms with Gasteiger partial charge >= 0.3 is 0 Å². The van der Waals surface area contributed by atoms with E-state index in [9.17, 15) is 0 Å². The van der Waals surface area contributed by atoms with Crippen molar-refractivity contribution in [3.63, 3.8) is 0 Å². The van der Waals surface area contributed by atoms with E-state index >= 15 is 0 Å². The Bertz CT molecular complexity index is 416. The molecule has 4 heteroatoms. The molecule has 1 atom stereocenters. The summed E-state index contributed by atoms with van der Waals surface area (Å²) in [6.45, 7) is 7.65. The Balaban J connectivity index is 2.57. The summed E-state index contributed by atoms with van der Waals surface area (Å²) in [5.74, 6) is 1.82. The fourth-order valence-electron chi connectivity index (χ4n) is 1.67. The van der Waals surface area contributed by atoms with Gasteiger partial charge in [-0.3, -0.25) is 0 Å². The topological polar surface area (TPSA) is 36.9 Å². The summed E-state index contributed by atoms with van der Waals surface area (Å²) in [7, 11) is 3.96. The second-order valence-electron chi connectivity index (χ2n) is 4.78. The Morgan fingerprint density at radius 2 is 2.05 bits per heavy atom. The van der Waals surface area contributed by atoms with Gasteiger partial charge < -0.3 is 15.0 Å². The van der Waals surface area contributed by atoms with Crippen LogP contribution in [0.5, 0.6) is 5.75 Å². The van der Waals surface area contributed by atoms with E-state index in [2.05, 4.69) is 30.2 Å². The molecule has 0 fully saturated rings. The quantitative estimate of drug-likeness (QED) is 0.654. The molecule has 1 aromatic carbocycles. The molecule has 0 aliphatic rings. The SMILES string of the molecule is CCNC(=NCC(C)Oc1ccccc1C)N(C)C. The number of guanidine groups is 1. The van der Waals surface area contributed by atoms with Gasteiger partial charge in [-0.1, -0.05) is 18.2 Å². The zero-order chi connectivity index (χ0) is 14.3. The van der Waals surface area contributed by atoms with Crippen LogP contribution < -0.4 is 10.1 Å². The van der Waals surface area contributed by atoms with Crippen LogP contribution in [-0.4, -0.2) is 44.1 Å². The van der Waals surface area contributed by atoms with E-state index in [0.29, 0.717) is 6.54 Å². The van der Waals surface area contributed by atoms with Gasteiger partial charge in [0.25, 0.3) is 0 Å². The van der Waals surface area contributed by atoms with Gasteiger partial charge in [-0.2, -0.15) is 0 Å². The van der Waals surface area contributed by atoms with E-state index in [4.69, 9.17) is 4.74 Å². The van der Waals surface area contributed by atoms with Crippen LogP contribution in [0.2, 0.25) is 0 Å². The third-order valence-electron chi connectivity index (χ3n) is 2.68. The zero-order valence-electron chi connectivity index (χ0n) is 12.6. The van der Waals surface area contributed by atoms with Gasteiger partial charge in [-0.25, -0.2) is 4.99 Å². The Morgan fingerprint density at radius 1 is 1.37 bits per heavy atom. The summed E-state index contributed by atoms with van der Waals surface area (Å²) in [5, 5.41) is 3.23. The van der Waals surface area contributed by atoms with E-state index in [0.717, 1.165) is 23.8 Å². The van der Waals surface area contributed by atoms with E-state index in [-0.39, 0.29) is 6.10 Å². The number of hydrogen-bond donors (Lipinski definition) is 1. The number of rotatable bonds is 5. The molecule has 1 aromatic rings. The molecule has 0 saturated heterocycles. The second-order valence-corrected chi connectivity index (χ2v) is 4.78. The fraction of sp³-hybridized carbons (Fsp3) is 0.533. The van der Waals surface area contributed by atoms with Crippen LogP contribution in [0.4, 0.5) is 0 Å². The number of benzene rings is 1. The molecule has 1 rings (SSSR count). The van der Waals surface area contributed by atoms with Crippen molar-refractivity contribution in [2.75, 3.05) is 27.2 Å². The predicted molar refractivity (Wildman–Crippen MR) is 80.9 cm³/mol. The summed E-state index contributed by atoms with van der Waals surface area (Å²) < 4.78 is 5.90. The third kappa shape index (κ3) is 5.20. The molecule has 0 saturated carbocycles. The average molecular weight is 263 g/mol. The maximum atomic E-state index is 5.90. The minimum atomic E-state index is 0.0507. The fourth-order valence-corrected chi connectivity index (χ4v) is 1.67. The Kier molecular flexibility index (Phi) is 6.19. The van der Waals surface area contributed by atoms with Crippen LogP contribution in [0.1, 0.15) is 19.4 Å². The van der Waals surface area contributed by atoms with Crippen LogP contribution in [-0.2, 0) is 0 Å². The Morgan fingerprint density at radius 3 is 2.63 bits per heavy atom. The van der Waals surface area contributed by atoms with Gasteiger partial charge in [-0.15, -0.1) is 0 Å². The smallest absolute Gasteiger partial charge is 0.193 e. The number of ether oxygens (including phenoxy) is 1. The van der Waals surface area contributed by atoms with E-state index in [1.54, 1.807) is 0 Å². The zero-order valence-corrected chi connectivity index (χ0v) is 12.6. The minimum Gasteiger partial charge on any atom is -0.489 e. The number of hydrogen-bond acceptors (Lipinski definition) is 2. The van der Waals surface area contributed by atoms with Gasteiger partial charge in [0.2, 0.25) is 0 Å². The molecule has 0 bridgehead atoms. The summed E-state index contributed by atoms with van der Waals surface area (Å²) >= 11 is 0. The standard InChI is InChI=1S/C15H25N3O/c1-6-16-15(18(4)5)17-11-13(3)19-14-10-8-7-9-12(14)2/h7-10,13H,6,11H2,1-5H3,(H,16,17). The predicted octanol–water partition coefficient (Wildman–Crippen LogP) is 2.29. The third-order valence-corrected chi connectivity index (χ3v) is 2.68. The van der Waals surface area contributed by atoms with Gasteiger partial charge in [0, 0.05) is 20.6 Å². The van der Waals surface area contributed by atoms with Crippen LogP contribution in [0.3, 0.4) is 0 Å². The molecule has 0 heterocycles. The van der Waals surface area contributed by atoms with E-state index in [1.165, 1.54) is 0 Å². The van der Waals surface area contributed by atoms with Crippen LogP contribution in [0.15, 0.2) is 29.3 Å². The second kappa shape index (κ2) is 7.67. The van der Waals surface area contributed by atoms with Crippen molar-refractivity contribution in [2.24, 2.45) is 4.99 Å². The molecule has 106 valence electrons. The lowest BCUT2D eigenvalue weighted by Gasteiger charge is -2.19. The lowest BCUT2D eigenvalue weighted by Crippen LogP contribution is -2.37. The molecule has 0 aliphatic carbocycles. The molecule has 0 aliphatic heterocycles. The molecular formula is C15H25N3O. The van der Waals surface area contributed by atoms with Crippen molar-refractivity contribution < 1.29 is 4.74 Å². The maximum absolute atomic E-state index is 5.90. The summed E-state index contributed by atoms with van der Waals surface area (Å²) in [5.41, 5.74) is 1.15. The molecule has 1 N–H and O–H groups in total. The summed E-state index contributed by atoms with van der Waals surface area (Å²) in [4.78, 5) is 6.52. The molecule has 0 spiro atoms. The molecular weight excluding hydrogens is 238 g/mol. The highest BCUT2D eigenvalue weighted by atomic mass is 16.5. The maximum Gasteiger partial charge on any atom is 0.193 e. The molecule has 0 radical (unpaired) electrons. The van der Waals surface area contributed by atoms with Crippen molar-refractivity contribution in [3.05, 3.63) is 29.8 Å². The minimum absolute atomic E-state index is 0.0507. The van der Waals surface area contributed by atoms with E-state index < -0.39 is 0 Å². The number of aryl methyl sites for hydroxylation is 1. The van der Waals surface area contributed by atoms with Crippen molar-refractivity contribution in [1.29, 1.82) is 0 Å². The first kappa shape index (κ1) is 15.3. The van der Waals surface area contributed by atoms with Gasteiger partial charge in [0.15, 0.2) is 5.96 Å². The van der Waals surface area contributed by atoms with Crippen LogP contribution in [0, 0.1) is 6.92 Å². The Hall–Kier alpha value is -1.71. The number of para-hydroxylation sites is 1.